The van der Waals surface area contributed by atoms with Gasteiger partial charge >= 0.3 is 12.1 Å². The van der Waals surface area contributed by atoms with E-state index in [1.165, 1.54) is 24.3 Å². The summed E-state index contributed by atoms with van der Waals surface area (Å²) in [5.41, 5.74) is 5.72. The van der Waals surface area contributed by atoms with Crippen molar-refractivity contribution in [3.8, 4) is 0 Å². The van der Waals surface area contributed by atoms with Gasteiger partial charge in [0.05, 0.1) is 0 Å². The monoisotopic (exact) mass is 611 g/mol. The number of carboxylic acid groups (broad SMARTS) is 1. The van der Waals surface area contributed by atoms with E-state index in [0.29, 0.717) is 18.7 Å². The summed E-state index contributed by atoms with van der Waals surface area (Å²) in [5.74, 6) is -2.42. The number of hydrogen-bond donors (Lipinski definition) is 3. The maximum absolute atomic E-state index is 12.9. The minimum Gasteiger partial charge on any atom is -0.477 e. The Bertz CT molecular complexity index is 1140. The van der Waals surface area contributed by atoms with Crippen molar-refractivity contribution in [3.63, 3.8) is 0 Å². The van der Waals surface area contributed by atoms with E-state index < -0.39 is 35.3 Å². The SMILES string of the molecule is CO/N=C(/C(=O)NC1C(=O)N2C(C(=O)O)=C(COC(=O)N3CCN(C)CC3)CS[C@H]12)c1csc(N)n1.Cl.Cl. The van der Waals surface area contributed by atoms with Gasteiger partial charge in [-0.3, -0.25) is 14.5 Å². The Hall–Kier alpha value is -2.79. The van der Waals surface area contributed by atoms with Gasteiger partial charge in [-0.25, -0.2) is 14.6 Å². The van der Waals surface area contributed by atoms with Crippen LogP contribution in [-0.2, 0) is 24.0 Å². The summed E-state index contributed by atoms with van der Waals surface area (Å²) >= 11 is 2.37. The summed E-state index contributed by atoms with van der Waals surface area (Å²) in [7, 11) is 3.22. The number of carbonyl (C=O) groups excluding carboxylic acids is 3. The molecule has 0 aromatic carbocycles. The van der Waals surface area contributed by atoms with Crippen molar-refractivity contribution in [2.45, 2.75) is 11.4 Å². The van der Waals surface area contributed by atoms with E-state index in [4.69, 9.17) is 15.3 Å². The number of nitrogen functional groups attached to an aromatic ring is 1. The molecule has 0 aliphatic carbocycles. The van der Waals surface area contributed by atoms with Gasteiger partial charge in [0.25, 0.3) is 11.8 Å². The average molecular weight is 613 g/mol. The number of thiazole rings is 1. The zero-order chi connectivity index (χ0) is 26.0. The van der Waals surface area contributed by atoms with Crippen molar-refractivity contribution >= 4 is 82.6 Å². The number of carboxylic acids is 1. The highest BCUT2D eigenvalue weighted by Crippen LogP contribution is 2.40. The number of fused-ring (bicyclic) bond motifs is 1. The number of hydrogen-bond acceptors (Lipinski definition) is 12. The second kappa shape index (κ2) is 13.3. The first-order valence-corrected chi connectivity index (χ1v) is 12.8. The molecule has 3 aliphatic rings. The highest BCUT2D eigenvalue weighted by molar-refractivity contribution is 8.00. The van der Waals surface area contributed by atoms with Crippen LogP contribution in [0.15, 0.2) is 21.8 Å². The predicted molar refractivity (Wildman–Crippen MR) is 145 cm³/mol. The number of aliphatic carboxylic acids is 1. The third kappa shape index (κ3) is 6.43. The zero-order valence-corrected chi connectivity index (χ0v) is 23.6. The number of nitrogens with one attached hydrogen (secondary N) is 1. The van der Waals surface area contributed by atoms with E-state index in [-0.39, 0.29) is 59.4 Å². The van der Waals surface area contributed by atoms with Crippen molar-refractivity contribution in [1.82, 2.24) is 25.0 Å². The number of rotatable bonds is 7. The first-order chi connectivity index (χ1) is 17.2. The maximum atomic E-state index is 12.9. The molecule has 2 fully saturated rings. The van der Waals surface area contributed by atoms with E-state index >= 15 is 0 Å². The maximum Gasteiger partial charge on any atom is 0.410 e. The number of carbonyl (C=O) groups is 4. The predicted octanol–water partition coefficient (Wildman–Crippen LogP) is 0.0420. The molecule has 0 radical (unpaired) electrons. The van der Waals surface area contributed by atoms with Crippen LogP contribution in [0.3, 0.4) is 0 Å². The van der Waals surface area contributed by atoms with Crippen LogP contribution in [0.25, 0.3) is 0 Å². The molecule has 4 rings (SSSR count). The standard InChI is InChI=1S/C20H25N7O7S2.2ClH/c1-25-3-5-26(6-4-25)20(32)34-7-10-8-35-17-13(16(29)27(17)14(10)18(30)31)23-15(28)12(24-33-2)11-9-36-19(21)22-11;;/h9,13,17H,3-8H2,1-2H3,(H2,21,22)(H,23,28)(H,30,31);2*1H/b24-12+;;/t13?,17-;;/m1../s1. The number of halogens is 2. The lowest BCUT2D eigenvalue weighted by molar-refractivity contribution is -0.150. The summed E-state index contributed by atoms with van der Waals surface area (Å²) in [4.78, 5) is 63.7. The fourth-order valence-corrected chi connectivity index (χ4v) is 5.80. The van der Waals surface area contributed by atoms with Gasteiger partial charge < -0.3 is 35.5 Å². The lowest BCUT2D eigenvalue weighted by Crippen LogP contribution is -2.71. The molecule has 1 aromatic heterocycles. The number of oxime groups is 1. The van der Waals surface area contributed by atoms with Gasteiger partial charge in [0.1, 0.15) is 36.5 Å². The number of likely N-dealkylation sites (N-methyl/N-ethyl adjacent to an activating group) is 1. The van der Waals surface area contributed by atoms with Crippen LogP contribution in [0.1, 0.15) is 5.69 Å². The molecule has 14 nitrogen and oxygen atoms in total. The van der Waals surface area contributed by atoms with Crippen LogP contribution >= 0.6 is 47.9 Å². The Labute approximate surface area is 238 Å². The van der Waals surface area contributed by atoms with Crippen molar-refractivity contribution in [3.05, 3.63) is 22.3 Å². The van der Waals surface area contributed by atoms with Crippen LogP contribution < -0.4 is 11.1 Å². The number of piperazine rings is 1. The fourth-order valence-electron chi connectivity index (χ4n) is 3.93. The fraction of sp³-hybridized carbons (Fsp3) is 0.500. The van der Waals surface area contributed by atoms with Gasteiger partial charge in [-0.15, -0.1) is 47.9 Å². The Kier molecular flexibility index (Phi) is 11.0. The Morgan fingerprint density at radius 1 is 1.26 bits per heavy atom. The minimum atomic E-state index is -1.32. The van der Waals surface area contributed by atoms with Gasteiger partial charge in [-0.05, 0) is 7.05 Å². The molecule has 3 aliphatic heterocycles. The van der Waals surface area contributed by atoms with Crippen LogP contribution in [0.4, 0.5) is 9.93 Å². The summed E-state index contributed by atoms with van der Waals surface area (Å²) in [6.45, 7) is 2.23. The summed E-state index contributed by atoms with van der Waals surface area (Å²) in [5, 5.41) is 17.2. The van der Waals surface area contributed by atoms with E-state index in [2.05, 4.69) is 20.4 Å². The molecule has 1 aromatic rings. The lowest BCUT2D eigenvalue weighted by Gasteiger charge is -2.49. The molecule has 0 spiro atoms. The van der Waals surface area contributed by atoms with Crippen LogP contribution in [0.2, 0.25) is 0 Å². The Morgan fingerprint density at radius 3 is 2.53 bits per heavy atom. The highest BCUT2D eigenvalue weighted by Gasteiger charge is 2.54. The number of nitrogens with two attached hydrogens (primary N) is 1. The van der Waals surface area contributed by atoms with Gasteiger partial charge in [-0.1, -0.05) is 5.16 Å². The third-order valence-electron chi connectivity index (χ3n) is 5.83. The third-order valence-corrected chi connectivity index (χ3v) is 7.84. The van der Waals surface area contributed by atoms with Gasteiger partial charge in [-0.2, -0.15) is 0 Å². The normalized spacial score (nSPS) is 21.4. The van der Waals surface area contributed by atoms with Crippen molar-refractivity contribution in [2.24, 2.45) is 5.16 Å². The molecule has 210 valence electrons. The highest BCUT2D eigenvalue weighted by atomic mass is 35.5. The van der Waals surface area contributed by atoms with Crippen LogP contribution in [-0.4, -0.2) is 118 Å². The average Bonchev–Trinajstić information content (AvgIpc) is 3.29. The number of amides is 3. The molecule has 0 saturated carbocycles. The number of nitrogens with zero attached hydrogens (tertiary/aromatic N) is 5. The van der Waals surface area contributed by atoms with E-state index in [1.807, 2.05) is 7.05 Å². The first-order valence-electron chi connectivity index (χ1n) is 10.8. The lowest BCUT2D eigenvalue weighted by atomic mass is 10.0. The topological polar surface area (TPSA) is 180 Å². The van der Waals surface area contributed by atoms with E-state index in [9.17, 15) is 24.3 Å². The molecule has 1 unspecified atom stereocenters. The first kappa shape index (κ1) is 31.4. The number of thioether (sulfide) groups is 1. The molecule has 2 saturated heterocycles. The molecule has 18 heteroatoms. The van der Waals surface area contributed by atoms with Gasteiger partial charge in [0.15, 0.2) is 10.8 Å². The molecular weight excluding hydrogens is 585 g/mol. The van der Waals surface area contributed by atoms with Crippen molar-refractivity contribution < 1.29 is 33.9 Å². The smallest absolute Gasteiger partial charge is 0.410 e. The van der Waals surface area contributed by atoms with Crippen molar-refractivity contribution in [1.29, 1.82) is 0 Å². The largest absolute Gasteiger partial charge is 0.477 e. The number of anilines is 1. The Morgan fingerprint density at radius 2 is 1.95 bits per heavy atom. The molecule has 3 amide bonds. The molecular formula is C20H27Cl2N7O7S2. The quantitative estimate of drug-likeness (QED) is 0.215. The minimum absolute atomic E-state index is 0. The number of β-lactam (4-membered cyclic amide) rings is 1. The second-order valence-corrected chi connectivity index (χ2v) is 10.2. The second-order valence-electron chi connectivity index (χ2n) is 8.16. The molecule has 2 atom stereocenters. The Balaban J connectivity index is 0.00000253. The summed E-state index contributed by atoms with van der Waals surface area (Å²) in [6, 6.07) is -0.982. The van der Waals surface area contributed by atoms with Crippen LogP contribution in [0.5, 0.6) is 0 Å². The molecule has 38 heavy (non-hydrogen) atoms. The molecule has 4 N–H and O–H groups in total. The van der Waals surface area contributed by atoms with Crippen molar-refractivity contribution in [2.75, 3.05) is 58.4 Å². The van der Waals surface area contributed by atoms with Gasteiger partial charge in [0.2, 0.25) is 0 Å². The summed E-state index contributed by atoms with van der Waals surface area (Å²) < 4.78 is 5.36. The van der Waals surface area contributed by atoms with Crippen LogP contribution in [0, 0.1) is 0 Å². The zero-order valence-electron chi connectivity index (χ0n) is 20.3. The molecule has 4 heterocycles. The number of aromatic nitrogens is 1. The van der Waals surface area contributed by atoms with E-state index in [0.717, 1.165) is 29.3 Å². The van der Waals surface area contributed by atoms with E-state index in [1.54, 1.807) is 4.90 Å². The number of ether oxygens (including phenoxy) is 1. The van der Waals surface area contributed by atoms with Gasteiger partial charge in [0, 0.05) is 42.9 Å². The molecule has 0 bridgehead atoms. The summed E-state index contributed by atoms with van der Waals surface area (Å²) in [6.07, 6.45) is -0.528.